The summed E-state index contributed by atoms with van der Waals surface area (Å²) < 4.78 is 10.9. The fourth-order valence-electron chi connectivity index (χ4n) is 3.86. The largest absolute Gasteiger partial charge is 0.497 e. The molecule has 0 aliphatic carbocycles. The van der Waals surface area contributed by atoms with E-state index >= 15 is 0 Å². The molecule has 0 radical (unpaired) electrons. The van der Waals surface area contributed by atoms with Crippen LogP contribution in [0.15, 0.2) is 29.3 Å². The van der Waals surface area contributed by atoms with Crippen LogP contribution in [0.3, 0.4) is 0 Å². The Balaban J connectivity index is 1.70. The molecule has 1 aromatic carbocycles. The fourth-order valence-corrected chi connectivity index (χ4v) is 5.90. The highest BCUT2D eigenvalue weighted by Crippen LogP contribution is 2.44. The lowest BCUT2D eigenvalue weighted by molar-refractivity contribution is 0.122. The summed E-state index contributed by atoms with van der Waals surface area (Å²) in [5.41, 5.74) is 4.38. The number of benzene rings is 1. The highest BCUT2D eigenvalue weighted by Gasteiger charge is 2.33. The van der Waals surface area contributed by atoms with Gasteiger partial charge in [0, 0.05) is 34.9 Å². The lowest BCUT2D eigenvalue weighted by Gasteiger charge is -2.36. The predicted octanol–water partition coefficient (Wildman–Crippen LogP) is 4.66. The molecule has 1 fully saturated rings. The van der Waals surface area contributed by atoms with E-state index in [4.69, 9.17) is 14.5 Å². The summed E-state index contributed by atoms with van der Waals surface area (Å²) in [5.74, 6) is 3.57. The van der Waals surface area contributed by atoms with Gasteiger partial charge in [-0.3, -0.25) is 0 Å². The summed E-state index contributed by atoms with van der Waals surface area (Å²) in [4.78, 5) is 7.38. The molecule has 7 heteroatoms. The standard InChI is InChI=1S/C23H27N3O2S2/c1-23(2)12-18-19(13-24)22(29-14-16-4-6-17(27-3)7-5-16)25-21(20(18)15-30-23)26-8-10-28-11-9-26/h4-7H,8-12,14-15H2,1-3H3. The SMILES string of the molecule is COc1ccc(CSc2nc(N3CCOCC3)c3c(c2C#N)CC(C)(C)SC3)cc1. The maximum Gasteiger partial charge on any atom is 0.134 e. The summed E-state index contributed by atoms with van der Waals surface area (Å²) in [6.45, 7) is 7.68. The minimum Gasteiger partial charge on any atom is -0.497 e. The zero-order valence-corrected chi connectivity index (χ0v) is 19.4. The van der Waals surface area contributed by atoms with Crippen LogP contribution in [-0.2, 0) is 22.7 Å². The van der Waals surface area contributed by atoms with Crippen molar-refractivity contribution in [3.8, 4) is 11.8 Å². The first-order chi connectivity index (χ1) is 14.5. The normalized spacial score (nSPS) is 17.9. The second-order valence-electron chi connectivity index (χ2n) is 8.15. The number of nitrogens with zero attached hydrogens (tertiary/aromatic N) is 3. The number of ether oxygens (including phenoxy) is 2. The van der Waals surface area contributed by atoms with Crippen LogP contribution >= 0.6 is 23.5 Å². The molecule has 30 heavy (non-hydrogen) atoms. The molecule has 0 unspecified atom stereocenters. The number of hydrogen-bond acceptors (Lipinski definition) is 7. The Morgan fingerprint density at radius 1 is 1.23 bits per heavy atom. The van der Waals surface area contributed by atoms with Gasteiger partial charge in [0.15, 0.2) is 0 Å². The average Bonchev–Trinajstić information content (AvgIpc) is 2.77. The van der Waals surface area contributed by atoms with Crippen molar-refractivity contribution in [2.45, 2.75) is 41.5 Å². The summed E-state index contributed by atoms with van der Waals surface area (Å²) in [6.07, 6.45) is 0.895. The van der Waals surface area contributed by atoms with Gasteiger partial charge in [0.2, 0.25) is 0 Å². The monoisotopic (exact) mass is 441 g/mol. The Labute approximate surface area is 187 Å². The topological polar surface area (TPSA) is 58.4 Å². The van der Waals surface area contributed by atoms with Crippen molar-refractivity contribution in [1.29, 1.82) is 5.26 Å². The van der Waals surface area contributed by atoms with Crippen molar-refractivity contribution < 1.29 is 9.47 Å². The Hall–Kier alpha value is -1.88. The van der Waals surface area contributed by atoms with Gasteiger partial charge in [-0.1, -0.05) is 26.0 Å². The summed E-state index contributed by atoms with van der Waals surface area (Å²) in [6, 6.07) is 10.6. The molecule has 2 aliphatic rings. The van der Waals surface area contributed by atoms with E-state index in [0.29, 0.717) is 0 Å². The molecule has 158 valence electrons. The second-order valence-corrected chi connectivity index (χ2v) is 10.8. The third kappa shape index (κ3) is 4.56. The molecule has 1 saturated heterocycles. The van der Waals surface area contributed by atoms with Gasteiger partial charge < -0.3 is 14.4 Å². The predicted molar refractivity (Wildman–Crippen MR) is 124 cm³/mol. The van der Waals surface area contributed by atoms with E-state index in [1.807, 2.05) is 23.9 Å². The Kier molecular flexibility index (Phi) is 6.47. The van der Waals surface area contributed by atoms with Crippen LogP contribution in [0, 0.1) is 11.3 Å². The molecule has 0 saturated carbocycles. The number of anilines is 1. The van der Waals surface area contributed by atoms with E-state index in [2.05, 4.69) is 36.9 Å². The molecule has 5 nitrogen and oxygen atoms in total. The summed E-state index contributed by atoms with van der Waals surface area (Å²) >= 11 is 3.60. The molecular formula is C23H27N3O2S2. The minimum absolute atomic E-state index is 0.125. The van der Waals surface area contributed by atoms with Crippen LogP contribution in [0.4, 0.5) is 5.82 Å². The number of aromatic nitrogens is 1. The molecule has 0 N–H and O–H groups in total. The molecule has 4 rings (SSSR count). The van der Waals surface area contributed by atoms with Gasteiger partial charge in [0.05, 0.1) is 25.9 Å². The number of thioether (sulfide) groups is 2. The zero-order valence-electron chi connectivity index (χ0n) is 17.7. The van der Waals surface area contributed by atoms with E-state index in [1.165, 1.54) is 16.7 Å². The number of nitriles is 1. The summed E-state index contributed by atoms with van der Waals surface area (Å²) in [5, 5.41) is 10.9. The van der Waals surface area contributed by atoms with Crippen LogP contribution in [0.1, 0.15) is 36.1 Å². The van der Waals surface area contributed by atoms with Crippen molar-refractivity contribution in [2.75, 3.05) is 38.3 Å². The maximum absolute atomic E-state index is 10.1. The molecule has 0 bridgehead atoms. The van der Waals surface area contributed by atoms with Crippen molar-refractivity contribution in [2.24, 2.45) is 0 Å². The molecule has 1 aromatic heterocycles. The van der Waals surface area contributed by atoms with E-state index in [0.717, 1.165) is 66.4 Å². The second kappa shape index (κ2) is 9.09. The highest BCUT2D eigenvalue weighted by molar-refractivity contribution is 8.00. The van der Waals surface area contributed by atoms with Gasteiger partial charge in [0.25, 0.3) is 0 Å². The molecule has 0 amide bonds. The first-order valence-corrected chi connectivity index (χ1v) is 12.2. The van der Waals surface area contributed by atoms with Crippen LogP contribution in [0.2, 0.25) is 0 Å². The highest BCUT2D eigenvalue weighted by atomic mass is 32.2. The fraction of sp³-hybridized carbons (Fsp3) is 0.478. The van der Waals surface area contributed by atoms with E-state index < -0.39 is 0 Å². The van der Waals surface area contributed by atoms with Gasteiger partial charge >= 0.3 is 0 Å². The Bertz CT molecular complexity index is 948. The van der Waals surface area contributed by atoms with Crippen molar-refractivity contribution in [3.63, 3.8) is 0 Å². The maximum atomic E-state index is 10.1. The van der Waals surface area contributed by atoms with Gasteiger partial charge in [-0.05, 0) is 29.7 Å². The smallest absolute Gasteiger partial charge is 0.134 e. The van der Waals surface area contributed by atoms with E-state index in [-0.39, 0.29) is 4.75 Å². The number of hydrogen-bond donors (Lipinski definition) is 0. The van der Waals surface area contributed by atoms with Gasteiger partial charge in [0.1, 0.15) is 22.7 Å². The third-order valence-corrected chi connectivity index (χ3v) is 7.93. The lowest BCUT2D eigenvalue weighted by atomic mass is 9.94. The minimum atomic E-state index is 0.125. The third-order valence-electron chi connectivity index (χ3n) is 5.52. The molecule has 3 heterocycles. The lowest BCUT2D eigenvalue weighted by Crippen LogP contribution is -2.38. The molecule has 2 aromatic rings. The van der Waals surface area contributed by atoms with E-state index in [1.54, 1.807) is 18.9 Å². The van der Waals surface area contributed by atoms with Crippen molar-refractivity contribution >= 4 is 29.3 Å². The number of morpholine rings is 1. The van der Waals surface area contributed by atoms with Gasteiger partial charge in [-0.25, -0.2) is 4.98 Å². The summed E-state index contributed by atoms with van der Waals surface area (Å²) in [7, 11) is 1.67. The van der Waals surface area contributed by atoms with Crippen molar-refractivity contribution in [3.05, 3.63) is 46.5 Å². The molecule has 0 atom stereocenters. The quantitative estimate of drug-likeness (QED) is 0.626. The van der Waals surface area contributed by atoms with Gasteiger partial charge in [-0.15, -0.1) is 11.8 Å². The molecule has 2 aliphatic heterocycles. The van der Waals surface area contributed by atoms with Crippen molar-refractivity contribution in [1.82, 2.24) is 4.98 Å². The molecular weight excluding hydrogens is 414 g/mol. The number of pyridine rings is 1. The molecule has 0 spiro atoms. The Morgan fingerprint density at radius 2 is 1.97 bits per heavy atom. The van der Waals surface area contributed by atoms with Gasteiger partial charge in [-0.2, -0.15) is 17.0 Å². The van der Waals surface area contributed by atoms with Crippen LogP contribution in [0.5, 0.6) is 5.75 Å². The number of methoxy groups -OCH3 is 1. The Morgan fingerprint density at radius 3 is 2.63 bits per heavy atom. The van der Waals surface area contributed by atoms with Crippen LogP contribution in [0.25, 0.3) is 0 Å². The average molecular weight is 442 g/mol. The van der Waals surface area contributed by atoms with Crippen LogP contribution < -0.4 is 9.64 Å². The number of rotatable bonds is 5. The zero-order chi connectivity index (χ0) is 21.1. The first kappa shape index (κ1) is 21.4. The number of fused-ring (bicyclic) bond motifs is 1. The first-order valence-electron chi connectivity index (χ1n) is 10.2. The van der Waals surface area contributed by atoms with E-state index in [9.17, 15) is 5.26 Å². The van der Waals surface area contributed by atoms with Crippen LogP contribution in [-0.4, -0.2) is 43.1 Å².